The fourth-order valence-electron chi connectivity index (χ4n) is 4.07. The van der Waals surface area contributed by atoms with Gasteiger partial charge in [0.15, 0.2) is 0 Å². The zero-order valence-electron chi connectivity index (χ0n) is 14.9. The summed E-state index contributed by atoms with van der Waals surface area (Å²) in [7, 11) is 1.69. The van der Waals surface area contributed by atoms with Gasteiger partial charge in [0.2, 0.25) is 5.78 Å². The number of carbonyl (C=O) groups is 1. The Morgan fingerprint density at radius 3 is 1.52 bits per heavy atom. The van der Waals surface area contributed by atoms with E-state index < -0.39 is 0 Å². The van der Waals surface area contributed by atoms with Crippen molar-refractivity contribution < 1.29 is 4.79 Å². The van der Waals surface area contributed by atoms with Gasteiger partial charge in [0.25, 0.3) is 0 Å². The molecule has 2 nitrogen and oxygen atoms in total. The van der Waals surface area contributed by atoms with Crippen molar-refractivity contribution in [3.05, 3.63) is 96.1 Å². The second kappa shape index (κ2) is 6.03. The minimum atomic E-state index is 0.0160. The zero-order valence-corrected chi connectivity index (χ0v) is 14.9. The van der Waals surface area contributed by atoms with Crippen LogP contribution in [0.25, 0.3) is 33.0 Å². The number of Topliss-reactive ketones (excluding diaryl/α,β-unsaturated/α-hetero) is 1. The van der Waals surface area contributed by atoms with E-state index in [1.807, 2.05) is 48.5 Å². The minimum Gasteiger partial charge on any atom is -0.287 e. The molecule has 0 unspecified atom stereocenters. The molecule has 0 saturated heterocycles. The SMILES string of the molecule is CN=C1C(=O)c2ccc(-c3ccccc3)c3c(-c4ccccc4)ccc1c23. The van der Waals surface area contributed by atoms with E-state index in [1.165, 1.54) is 0 Å². The number of ketones is 1. The smallest absolute Gasteiger partial charge is 0.212 e. The molecule has 0 N–H and O–H groups in total. The van der Waals surface area contributed by atoms with Crippen LogP contribution < -0.4 is 0 Å². The Kier molecular flexibility index (Phi) is 3.51. The summed E-state index contributed by atoms with van der Waals surface area (Å²) in [6.07, 6.45) is 0. The monoisotopic (exact) mass is 347 g/mol. The first-order valence-corrected chi connectivity index (χ1v) is 9.02. The fourth-order valence-corrected chi connectivity index (χ4v) is 4.07. The Morgan fingerprint density at radius 1 is 0.556 bits per heavy atom. The Labute approximate surface area is 157 Å². The highest BCUT2D eigenvalue weighted by Crippen LogP contribution is 2.42. The fraction of sp³-hybridized carbons (Fsp3) is 0.0400. The normalized spacial score (nSPS) is 14.3. The van der Waals surface area contributed by atoms with Crippen LogP contribution in [0.2, 0.25) is 0 Å². The minimum absolute atomic E-state index is 0.0160. The van der Waals surface area contributed by atoms with Gasteiger partial charge in [-0.2, -0.15) is 0 Å². The number of benzene rings is 4. The van der Waals surface area contributed by atoms with Crippen molar-refractivity contribution in [2.24, 2.45) is 4.99 Å². The Hall–Kier alpha value is -3.52. The Morgan fingerprint density at radius 2 is 1.00 bits per heavy atom. The van der Waals surface area contributed by atoms with Gasteiger partial charge in [-0.3, -0.25) is 9.79 Å². The number of carbonyl (C=O) groups excluding carboxylic acids is 1. The average molecular weight is 347 g/mol. The molecule has 0 radical (unpaired) electrons. The molecular weight excluding hydrogens is 330 g/mol. The van der Waals surface area contributed by atoms with Gasteiger partial charge in [0, 0.05) is 23.6 Å². The maximum absolute atomic E-state index is 12.9. The molecule has 5 rings (SSSR count). The van der Waals surface area contributed by atoms with Crippen molar-refractivity contribution in [3.63, 3.8) is 0 Å². The summed E-state index contributed by atoms with van der Waals surface area (Å²) >= 11 is 0. The van der Waals surface area contributed by atoms with E-state index in [1.54, 1.807) is 7.05 Å². The van der Waals surface area contributed by atoms with E-state index in [0.29, 0.717) is 5.71 Å². The van der Waals surface area contributed by atoms with Gasteiger partial charge < -0.3 is 0 Å². The van der Waals surface area contributed by atoms with Crippen molar-refractivity contribution in [3.8, 4) is 22.3 Å². The van der Waals surface area contributed by atoms with Gasteiger partial charge >= 0.3 is 0 Å². The lowest BCUT2D eigenvalue weighted by atomic mass is 9.89. The van der Waals surface area contributed by atoms with Crippen molar-refractivity contribution in [1.82, 2.24) is 0 Å². The summed E-state index contributed by atoms with van der Waals surface area (Å²) in [6, 6.07) is 28.9. The molecule has 0 bridgehead atoms. The van der Waals surface area contributed by atoms with Crippen LogP contribution in [0.5, 0.6) is 0 Å². The Balaban J connectivity index is 1.96. The number of aliphatic imine (C=N–C) groups is 1. The van der Waals surface area contributed by atoms with Gasteiger partial charge in [-0.15, -0.1) is 0 Å². The third kappa shape index (κ3) is 2.27. The lowest BCUT2D eigenvalue weighted by Gasteiger charge is -2.14. The van der Waals surface area contributed by atoms with E-state index in [4.69, 9.17) is 0 Å². The van der Waals surface area contributed by atoms with Crippen LogP contribution in [0.4, 0.5) is 0 Å². The lowest BCUT2D eigenvalue weighted by Crippen LogP contribution is -2.08. The molecule has 0 amide bonds. The van der Waals surface area contributed by atoms with Crippen molar-refractivity contribution in [2.45, 2.75) is 0 Å². The summed E-state index contributed by atoms with van der Waals surface area (Å²) in [5, 5.41) is 2.14. The predicted molar refractivity (Wildman–Crippen MR) is 112 cm³/mol. The molecular formula is C25H17NO. The quantitative estimate of drug-likeness (QED) is 0.451. The highest BCUT2D eigenvalue weighted by molar-refractivity contribution is 6.59. The topological polar surface area (TPSA) is 29.4 Å². The van der Waals surface area contributed by atoms with Crippen LogP contribution in [0, 0.1) is 0 Å². The highest BCUT2D eigenvalue weighted by atomic mass is 16.1. The number of rotatable bonds is 2. The lowest BCUT2D eigenvalue weighted by molar-refractivity contribution is 0.107. The third-order valence-corrected chi connectivity index (χ3v) is 5.27. The first-order chi connectivity index (χ1) is 13.3. The number of hydrogen-bond acceptors (Lipinski definition) is 2. The third-order valence-electron chi connectivity index (χ3n) is 5.27. The highest BCUT2D eigenvalue weighted by Gasteiger charge is 2.30. The van der Waals surface area contributed by atoms with Gasteiger partial charge in [-0.1, -0.05) is 78.9 Å². The van der Waals surface area contributed by atoms with E-state index in [0.717, 1.165) is 44.2 Å². The first kappa shape index (κ1) is 15.7. The van der Waals surface area contributed by atoms with E-state index >= 15 is 0 Å². The average Bonchev–Trinajstić information content (AvgIpc) is 3.02. The molecule has 128 valence electrons. The summed E-state index contributed by atoms with van der Waals surface area (Å²) in [5.41, 5.74) is 6.81. The van der Waals surface area contributed by atoms with Crippen molar-refractivity contribution >= 4 is 22.3 Å². The Bertz CT molecular complexity index is 1180. The number of nitrogens with zero attached hydrogens (tertiary/aromatic N) is 1. The van der Waals surface area contributed by atoms with Crippen LogP contribution in [0.1, 0.15) is 15.9 Å². The molecule has 1 aliphatic rings. The van der Waals surface area contributed by atoms with Gasteiger partial charge in [-0.05, 0) is 33.7 Å². The second-order valence-electron chi connectivity index (χ2n) is 6.70. The maximum Gasteiger partial charge on any atom is 0.212 e. The van der Waals surface area contributed by atoms with Crippen molar-refractivity contribution in [1.29, 1.82) is 0 Å². The molecule has 0 atom stereocenters. The predicted octanol–water partition coefficient (Wildman–Crippen LogP) is 5.79. The van der Waals surface area contributed by atoms with Crippen LogP contribution in [0.3, 0.4) is 0 Å². The molecule has 4 aromatic rings. The molecule has 0 heterocycles. The summed E-state index contributed by atoms with van der Waals surface area (Å²) in [6.45, 7) is 0. The molecule has 0 aliphatic heterocycles. The van der Waals surface area contributed by atoms with E-state index in [2.05, 4.69) is 41.4 Å². The van der Waals surface area contributed by atoms with Crippen LogP contribution in [-0.2, 0) is 0 Å². The van der Waals surface area contributed by atoms with Gasteiger partial charge in [-0.25, -0.2) is 0 Å². The maximum atomic E-state index is 12.9. The van der Waals surface area contributed by atoms with Crippen LogP contribution in [0.15, 0.2) is 89.9 Å². The second-order valence-corrected chi connectivity index (χ2v) is 6.70. The van der Waals surface area contributed by atoms with Crippen LogP contribution in [-0.4, -0.2) is 18.5 Å². The standard InChI is InChI=1S/C25H17NO/c1-26-24-20-14-12-18(16-8-4-2-5-9-16)22-19(17-10-6-3-7-11-17)13-15-21(23(20)22)25(24)27/h2-15H,1H3. The first-order valence-electron chi connectivity index (χ1n) is 9.02. The van der Waals surface area contributed by atoms with E-state index in [-0.39, 0.29) is 5.78 Å². The largest absolute Gasteiger partial charge is 0.287 e. The van der Waals surface area contributed by atoms with Gasteiger partial charge in [0.1, 0.15) is 5.71 Å². The molecule has 0 aromatic heterocycles. The zero-order chi connectivity index (χ0) is 18.4. The van der Waals surface area contributed by atoms with Crippen molar-refractivity contribution in [2.75, 3.05) is 7.05 Å². The molecule has 1 aliphatic carbocycles. The molecule has 0 fully saturated rings. The molecule has 27 heavy (non-hydrogen) atoms. The molecule has 2 heteroatoms. The molecule has 0 spiro atoms. The summed E-state index contributed by atoms with van der Waals surface area (Å²) in [5.74, 6) is 0.0160. The summed E-state index contributed by atoms with van der Waals surface area (Å²) < 4.78 is 0. The molecule has 0 saturated carbocycles. The summed E-state index contributed by atoms with van der Waals surface area (Å²) in [4.78, 5) is 17.2. The number of hydrogen-bond donors (Lipinski definition) is 0. The van der Waals surface area contributed by atoms with Crippen LogP contribution >= 0.6 is 0 Å². The van der Waals surface area contributed by atoms with E-state index in [9.17, 15) is 4.79 Å². The molecule has 4 aromatic carbocycles. The van der Waals surface area contributed by atoms with Gasteiger partial charge in [0.05, 0.1) is 0 Å².